The van der Waals surface area contributed by atoms with Crippen molar-refractivity contribution in [3.63, 3.8) is 0 Å². The van der Waals surface area contributed by atoms with Gasteiger partial charge in [-0.3, -0.25) is 9.59 Å². The molecule has 2 amide bonds. The lowest BCUT2D eigenvalue weighted by Gasteiger charge is -2.22. The van der Waals surface area contributed by atoms with Gasteiger partial charge in [0, 0.05) is 32.8 Å². The van der Waals surface area contributed by atoms with E-state index in [1.165, 1.54) is 24.2 Å². The van der Waals surface area contributed by atoms with E-state index in [-0.39, 0.29) is 60.8 Å². The first-order valence-corrected chi connectivity index (χ1v) is 12.3. The minimum absolute atomic E-state index is 0.0318. The first-order chi connectivity index (χ1) is 18.7. The van der Waals surface area contributed by atoms with Crippen LogP contribution in [0.3, 0.4) is 0 Å². The monoisotopic (exact) mass is 541 g/mol. The van der Waals surface area contributed by atoms with Gasteiger partial charge in [-0.1, -0.05) is 12.5 Å². The molecule has 39 heavy (non-hydrogen) atoms. The molecule has 2 aromatic heterocycles. The van der Waals surface area contributed by atoms with Gasteiger partial charge in [-0.15, -0.1) is 0 Å². The van der Waals surface area contributed by atoms with Crippen LogP contribution in [-0.4, -0.2) is 80.6 Å². The summed E-state index contributed by atoms with van der Waals surface area (Å²) in [5.74, 6) is 2.24. The summed E-state index contributed by atoms with van der Waals surface area (Å²) in [6.07, 6.45) is 3.04. The van der Waals surface area contributed by atoms with Gasteiger partial charge in [0.25, 0.3) is 5.91 Å². The number of nitrogens with one attached hydrogen (secondary N) is 1. The molecule has 11 nitrogen and oxygen atoms in total. The van der Waals surface area contributed by atoms with Crippen molar-refractivity contribution < 1.29 is 28.2 Å². The van der Waals surface area contributed by atoms with Gasteiger partial charge in [0.1, 0.15) is 22.7 Å². The fourth-order valence-corrected chi connectivity index (χ4v) is 4.79. The average Bonchev–Trinajstić information content (AvgIpc) is 3.62. The smallest absolute Gasteiger partial charge is 0.255 e. The van der Waals surface area contributed by atoms with Crippen molar-refractivity contribution >= 4 is 28.7 Å². The molecule has 0 saturated carbocycles. The Balaban J connectivity index is 1.81. The highest BCUT2D eigenvalue weighted by Gasteiger charge is 2.38. The van der Waals surface area contributed by atoms with Gasteiger partial charge < -0.3 is 30.4 Å². The quantitative estimate of drug-likeness (QED) is 0.275. The predicted octanol–water partition coefficient (Wildman–Crippen LogP) is 1.41. The van der Waals surface area contributed by atoms with Crippen LogP contribution in [-0.2, 0) is 16.1 Å². The maximum atomic E-state index is 15.2. The predicted molar refractivity (Wildman–Crippen MR) is 139 cm³/mol. The number of rotatable bonds is 9. The summed E-state index contributed by atoms with van der Waals surface area (Å²) in [5.41, 5.74) is 5.19. The molecule has 13 heteroatoms. The van der Waals surface area contributed by atoms with Gasteiger partial charge >= 0.3 is 0 Å². The molecule has 0 aliphatic carbocycles. The Morgan fingerprint density at radius 3 is 2.79 bits per heavy atom. The number of ether oxygens (including phenoxy) is 1. The van der Waals surface area contributed by atoms with Crippen LogP contribution in [0.15, 0.2) is 25.0 Å². The lowest BCUT2D eigenvalue weighted by Crippen LogP contribution is -2.37. The molecule has 1 unspecified atom stereocenters. The molecule has 1 fully saturated rings. The number of methoxy groups -OCH3 is 1. The van der Waals surface area contributed by atoms with E-state index in [0.29, 0.717) is 18.5 Å². The standard InChI is InChI=1S/C26H29F2N7O4/c1-4-21(37)34-12-15(10-16(34)13-39-3)35-26(30-8-9-36)22(25(29)38)19(32-35)7-6-17-18(27)11-20-24(23(17)28)31-14-33(20)5-2/h4,11,14-16,30,36H,1,5,8-10,12-13H2,2-3H3,(H2,29,38)/t15?,16-/m1/s1. The van der Waals surface area contributed by atoms with Crippen molar-refractivity contribution in [2.45, 2.75) is 32.0 Å². The van der Waals surface area contributed by atoms with Crippen molar-refractivity contribution in [1.82, 2.24) is 24.2 Å². The van der Waals surface area contributed by atoms with Crippen molar-refractivity contribution in [1.29, 1.82) is 0 Å². The summed E-state index contributed by atoms with van der Waals surface area (Å²) in [7, 11) is 1.52. The summed E-state index contributed by atoms with van der Waals surface area (Å²) in [4.78, 5) is 30.6. The summed E-state index contributed by atoms with van der Waals surface area (Å²) in [6.45, 7) is 6.13. The highest BCUT2D eigenvalue weighted by atomic mass is 19.1. The number of halogens is 2. The molecule has 0 radical (unpaired) electrons. The number of likely N-dealkylation sites (tertiary alicyclic amines) is 1. The third-order valence-corrected chi connectivity index (χ3v) is 6.57. The summed E-state index contributed by atoms with van der Waals surface area (Å²) >= 11 is 0. The fraction of sp³-hybridized carbons (Fsp3) is 0.385. The van der Waals surface area contributed by atoms with Gasteiger partial charge in [-0.2, -0.15) is 5.10 Å². The van der Waals surface area contributed by atoms with Crippen LogP contribution in [0.1, 0.15) is 41.0 Å². The van der Waals surface area contributed by atoms with Gasteiger partial charge in [0.2, 0.25) is 5.91 Å². The number of aromatic nitrogens is 4. The minimum atomic E-state index is -0.930. The number of imidazole rings is 1. The Morgan fingerprint density at radius 2 is 2.15 bits per heavy atom. The van der Waals surface area contributed by atoms with E-state index < -0.39 is 29.1 Å². The molecule has 1 aromatic carbocycles. The Morgan fingerprint density at radius 1 is 1.38 bits per heavy atom. The van der Waals surface area contributed by atoms with E-state index >= 15 is 4.39 Å². The first kappa shape index (κ1) is 27.7. The van der Waals surface area contributed by atoms with Gasteiger partial charge in [-0.05, 0) is 25.3 Å². The molecule has 2 atom stereocenters. The van der Waals surface area contributed by atoms with Crippen LogP contribution in [0.25, 0.3) is 11.0 Å². The van der Waals surface area contributed by atoms with Crippen LogP contribution >= 0.6 is 0 Å². The maximum Gasteiger partial charge on any atom is 0.255 e. The number of primary amides is 1. The van der Waals surface area contributed by atoms with Crippen molar-refractivity contribution in [2.75, 3.05) is 38.7 Å². The Kier molecular flexibility index (Phi) is 8.27. The molecular formula is C26H29F2N7O4. The van der Waals surface area contributed by atoms with Gasteiger partial charge in [0.15, 0.2) is 11.5 Å². The molecule has 4 N–H and O–H groups in total. The van der Waals surface area contributed by atoms with E-state index in [9.17, 15) is 19.1 Å². The summed E-state index contributed by atoms with van der Waals surface area (Å²) in [6, 6.07) is 0.442. The van der Waals surface area contributed by atoms with E-state index in [1.807, 2.05) is 6.92 Å². The number of benzene rings is 1. The van der Waals surface area contributed by atoms with Crippen LogP contribution < -0.4 is 11.1 Å². The molecule has 0 bridgehead atoms. The average molecular weight is 542 g/mol. The second kappa shape index (κ2) is 11.6. The number of fused-ring (bicyclic) bond motifs is 1. The second-order valence-electron chi connectivity index (χ2n) is 8.92. The number of aliphatic hydroxyl groups is 1. The van der Waals surface area contributed by atoms with E-state index in [0.717, 1.165) is 6.07 Å². The van der Waals surface area contributed by atoms with Gasteiger partial charge in [-0.25, -0.2) is 18.4 Å². The summed E-state index contributed by atoms with van der Waals surface area (Å²) in [5, 5.41) is 16.8. The number of anilines is 1. The minimum Gasteiger partial charge on any atom is -0.395 e. The molecule has 4 rings (SSSR count). The molecule has 3 heterocycles. The number of aryl methyl sites for hydroxylation is 1. The van der Waals surface area contributed by atoms with Crippen LogP contribution in [0, 0.1) is 23.5 Å². The molecule has 1 saturated heterocycles. The zero-order chi connectivity index (χ0) is 28.3. The highest BCUT2D eigenvalue weighted by Crippen LogP contribution is 2.33. The van der Waals surface area contributed by atoms with Crippen LogP contribution in [0.2, 0.25) is 0 Å². The Hall–Kier alpha value is -4.28. The normalized spacial score (nSPS) is 16.8. The third-order valence-electron chi connectivity index (χ3n) is 6.57. The lowest BCUT2D eigenvalue weighted by molar-refractivity contribution is -0.127. The molecule has 3 aromatic rings. The van der Waals surface area contributed by atoms with Crippen molar-refractivity contribution in [2.24, 2.45) is 5.73 Å². The van der Waals surface area contributed by atoms with E-state index in [4.69, 9.17) is 10.5 Å². The number of amides is 2. The zero-order valence-electron chi connectivity index (χ0n) is 21.6. The number of carbonyl (C=O) groups excluding carboxylic acids is 2. The van der Waals surface area contributed by atoms with E-state index in [2.05, 4.69) is 33.8 Å². The number of hydrogen-bond donors (Lipinski definition) is 3. The number of carbonyl (C=O) groups is 2. The molecule has 1 aliphatic heterocycles. The van der Waals surface area contributed by atoms with Crippen LogP contribution in [0.4, 0.5) is 14.6 Å². The van der Waals surface area contributed by atoms with Gasteiger partial charge in [0.05, 0.1) is 42.7 Å². The fourth-order valence-electron chi connectivity index (χ4n) is 4.79. The van der Waals surface area contributed by atoms with Crippen LogP contribution in [0.5, 0.6) is 0 Å². The Labute approximate surface area is 223 Å². The third kappa shape index (κ3) is 5.21. The number of nitrogens with two attached hydrogens (primary N) is 1. The maximum absolute atomic E-state index is 15.2. The first-order valence-electron chi connectivity index (χ1n) is 12.3. The highest BCUT2D eigenvalue weighted by molar-refractivity contribution is 6.00. The zero-order valence-corrected chi connectivity index (χ0v) is 21.6. The Bertz CT molecular complexity index is 1490. The lowest BCUT2D eigenvalue weighted by atomic mass is 10.1. The molecular weight excluding hydrogens is 512 g/mol. The number of nitrogens with zero attached hydrogens (tertiary/aromatic N) is 5. The van der Waals surface area contributed by atoms with E-state index in [1.54, 1.807) is 9.47 Å². The molecule has 206 valence electrons. The molecule has 1 aliphatic rings. The number of hydrogen-bond acceptors (Lipinski definition) is 7. The topological polar surface area (TPSA) is 141 Å². The second-order valence-corrected chi connectivity index (χ2v) is 8.92. The number of aliphatic hydroxyl groups excluding tert-OH is 1. The SMILES string of the molecule is C=CC(=O)N1CC(n2nc(C#Cc3c(F)cc4c(ncn4CC)c3F)c(C(N)=O)c2NCCO)C[C@@H]1COC. The van der Waals surface area contributed by atoms with Crippen molar-refractivity contribution in [3.05, 3.63) is 53.5 Å². The summed E-state index contributed by atoms with van der Waals surface area (Å²) < 4.78 is 38.4. The molecule has 0 spiro atoms. The van der Waals surface area contributed by atoms with Crippen molar-refractivity contribution in [3.8, 4) is 11.8 Å². The largest absolute Gasteiger partial charge is 0.395 e.